The van der Waals surface area contributed by atoms with Crippen molar-refractivity contribution >= 4 is 5.78 Å². The number of ketones is 1. The second kappa shape index (κ2) is 5.66. The Morgan fingerprint density at radius 3 is 2.50 bits per heavy atom. The van der Waals surface area contributed by atoms with E-state index in [0.717, 1.165) is 0 Å². The number of Topliss-reactive ketones (excluding diaryl/α,β-unsaturated/α-hetero) is 1. The number of hydrogen-bond donors (Lipinski definition) is 1. The van der Waals surface area contributed by atoms with Gasteiger partial charge in [0.05, 0.1) is 6.04 Å². The van der Waals surface area contributed by atoms with Crippen LogP contribution in [0.3, 0.4) is 0 Å². The maximum atomic E-state index is 11.7. The van der Waals surface area contributed by atoms with Crippen LogP contribution in [0.15, 0.2) is 0 Å². The van der Waals surface area contributed by atoms with Crippen LogP contribution in [0.25, 0.3) is 0 Å². The van der Waals surface area contributed by atoms with Crippen molar-refractivity contribution in [2.75, 3.05) is 0 Å². The van der Waals surface area contributed by atoms with Crippen LogP contribution < -0.4 is 5.73 Å². The molecule has 2 nitrogen and oxygen atoms in total. The summed E-state index contributed by atoms with van der Waals surface area (Å²) in [6.45, 7) is 0. The molecule has 0 aliphatic heterocycles. The van der Waals surface area contributed by atoms with E-state index in [2.05, 4.69) is 5.92 Å². The van der Waals surface area contributed by atoms with Crippen LogP contribution in [0.2, 0.25) is 0 Å². The number of alkyl halides is 3. The first-order valence-electron chi connectivity index (χ1n) is 4.15. The van der Waals surface area contributed by atoms with Crippen LogP contribution in [0, 0.1) is 12.3 Å². The summed E-state index contributed by atoms with van der Waals surface area (Å²) in [6.07, 6.45) is -0.577. The predicted molar refractivity (Wildman–Crippen MR) is 46.3 cm³/mol. The topological polar surface area (TPSA) is 43.1 Å². The van der Waals surface area contributed by atoms with E-state index in [1.54, 1.807) is 0 Å². The third kappa shape index (κ3) is 6.49. The zero-order chi connectivity index (χ0) is 11.2. The normalized spacial score (nSPS) is 13.4. The van der Waals surface area contributed by atoms with Crippen molar-refractivity contribution in [2.45, 2.75) is 37.9 Å². The first-order chi connectivity index (χ1) is 6.37. The van der Waals surface area contributed by atoms with E-state index in [-0.39, 0.29) is 19.3 Å². The quantitative estimate of drug-likeness (QED) is 0.696. The van der Waals surface area contributed by atoms with E-state index in [9.17, 15) is 18.0 Å². The Kier molecular flexibility index (Phi) is 5.24. The van der Waals surface area contributed by atoms with Gasteiger partial charge < -0.3 is 5.73 Å². The number of nitrogens with two attached hydrogens (primary N) is 1. The second-order valence-electron chi connectivity index (χ2n) is 2.95. The van der Waals surface area contributed by atoms with Gasteiger partial charge in [-0.2, -0.15) is 13.2 Å². The number of halogens is 3. The molecule has 0 saturated heterocycles. The highest BCUT2D eigenvalue weighted by atomic mass is 19.4. The Morgan fingerprint density at radius 2 is 2.07 bits per heavy atom. The van der Waals surface area contributed by atoms with Gasteiger partial charge >= 0.3 is 6.18 Å². The highest BCUT2D eigenvalue weighted by Crippen LogP contribution is 2.22. The molecule has 1 unspecified atom stereocenters. The predicted octanol–water partition coefficient (Wildman–Crippen LogP) is 1.64. The van der Waals surface area contributed by atoms with E-state index in [1.165, 1.54) is 0 Å². The van der Waals surface area contributed by atoms with E-state index >= 15 is 0 Å². The molecule has 0 amide bonds. The summed E-state index contributed by atoms with van der Waals surface area (Å²) in [4.78, 5) is 11.0. The van der Waals surface area contributed by atoms with Crippen molar-refractivity contribution in [3.8, 4) is 12.3 Å². The van der Waals surface area contributed by atoms with Crippen molar-refractivity contribution in [1.82, 2.24) is 0 Å². The summed E-state index contributed by atoms with van der Waals surface area (Å²) in [7, 11) is 0. The third-order valence-electron chi connectivity index (χ3n) is 1.63. The van der Waals surface area contributed by atoms with Gasteiger partial charge in [-0.1, -0.05) is 0 Å². The molecule has 5 heteroatoms. The Bertz CT molecular complexity index is 229. The van der Waals surface area contributed by atoms with E-state index in [4.69, 9.17) is 12.2 Å². The SMILES string of the molecule is C#CCC(N)C(=O)CCCC(F)(F)F. The van der Waals surface area contributed by atoms with Crippen LogP contribution in [0.4, 0.5) is 13.2 Å². The summed E-state index contributed by atoms with van der Waals surface area (Å²) in [6, 6.07) is -0.826. The van der Waals surface area contributed by atoms with Gasteiger partial charge in [0.15, 0.2) is 5.78 Å². The first-order valence-corrected chi connectivity index (χ1v) is 4.15. The zero-order valence-electron chi connectivity index (χ0n) is 7.60. The molecule has 14 heavy (non-hydrogen) atoms. The number of carbonyl (C=O) groups excluding carboxylic acids is 1. The summed E-state index contributed by atoms with van der Waals surface area (Å²) >= 11 is 0. The van der Waals surface area contributed by atoms with Crippen molar-refractivity contribution in [3.05, 3.63) is 0 Å². The van der Waals surface area contributed by atoms with Gasteiger partial charge in [0.1, 0.15) is 0 Å². The molecule has 0 rings (SSSR count). The minimum Gasteiger partial charge on any atom is -0.321 e. The lowest BCUT2D eigenvalue weighted by Gasteiger charge is -2.08. The molecule has 2 N–H and O–H groups in total. The van der Waals surface area contributed by atoms with E-state index in [0.29, 0.717) is 0 Å². The summed E-state index contributed by atoms with van der Waals surface area (Å²) in [5.74, 6) is 1.78. The van der Waals surface area contributed by atoms with Gasteiger partial charge in [0, 0.05) is 19.3 Å². The minimum absolute atomic E-state index is 0.0743. The zero-order valence-corrected chi connectivity index (χ0v) is 7.60. The van der Waals surface area contributed by atoms with E-state index < -0.39 is 24.4 Å². The number of hydrogen-bond acceptors (Lipinski definition) is 2. The standard InChI is InChI=1S/C9H12F3NO/c1-2-4-7(13)8(14)5-3-6-9(10,11)12/h1,7H,3-6,13H2. The third-order valence-corrected chi connectivity index (χ3v) is 1.63. The summed E-state index contributed by atoms with van der Waals surface area (Å²) in [5, 5.41) is 0. The van der Waals surface area contributed by atoms with Gasteiger partial charge in [0.25, 0.3) is 0 Å². The highest BCUT2D eigenvalue weighted by Gasteiger charge is 2.26. The van der Waals surface area contributed by atoms with E-state index in [1.807, 2.05) is 0 Å². The van der Waals surface area contributed by atoms with Crippen molar-refractivity contribution < 1.29 is 18.0 Å². The molecular formula is C9H12F3NO. The fraction of sp³-hybridized carbons (Fsp3) is 0.667. The highest BCUT2D eigenvalue weighted by molar-refractivity contribution is 5.83. The first kappa shape index (κ1) is 13.0. The van der Waals surface area contributed by atoms with Crippen LogP contribution in [0.1, 0.15) is 25.7 Å². The lowest BCUT2D eigenvalue weighted by molar-refractivity contribution is -0.137. The molecule has 1 atom stereocenters. The molecule has 0 heterocycles. The molecule has 0 saturated carbocycles. The number of rotatable bonds is 5. The van der Waals surface area contributed by atoms with Crippen LogP contribution in [-0.4, -0.2) is 18.0 Å². The molecule has 0 aliphatic carbocycles. The number of carbonyl (C=O) groups is 1. The van der Waals surface area contributed by atoms with Gasteiger partial charge in [-0.15, -0.1) is 12.3 Å². The largest absolute Gasteiger partial charge is 0.389 e. The molecule has 0 aliphatic rings. The minimum atomic E-state index is -4.21. The molecule has 0 radical (unpaired) electrons. The number of terminal acetylenes is 1. The summed E-state index contributed by atoms with van der Waals surface area (Å²) in [5.41, 5.74) is 5.30. The molecule has 0 aromatic rings. The average Bonchev–Trinajstić information content (AvgIpc) is 2.02. The smallest absolute Gasteiger partial charge is 0.321 e. The Hall–Kier alpha value is -1.02. The second-order valence-corrected chi connectivity index (χ2v) is 2.95. The fourth-order valence-corrected chi connectivity index (χ4v) is 0.889. The van der Waals surface area contributed by atoms with Crippen molar-refractivity contribution in [2.24, 2.45) is 5.73 Å². The van der Waals surface area contributed by atoms with Crippen molar-refractivity contribution in [3.63, 3.8) is 0 Å². The Balaban J connectivity index is 3.71. The van der Waals surface area contributed by atoms with Crippen LogP contribution in [0.5, 0.6) is 0 Å². The Morgan fingerprint density at radius 1 is 1.50 bits per heavy atom. The Labute approximate surface area is 80.7 Å². The van der Waals surface area contributed by atoms with Crippen molar-refractivity contribution in [1.29, 1.82) is 0 Å². The molecular weight excluding hydrogens is 195 g/mol. The molecule has 0 bridgehead atoms. The van der Waals surface area contributed by atoms with Crippen LogP contribution in [-0.2, 0) is 4.79 Å². The van der Waals surface area contributed by atoms with Gasteiger partial charge in [0.2, 0.25) is 0 Å². The van der Waals surface area contributed by atoms with Gasteiger partial charge in [-0.05, 0) is 6.42 Å². The molecule has 0 fully saturated rings. The van der Waals surface area contributed by atoms with Crippen LogP contribution >= 0.6 is 0 Å². The maximum absolute atomic E-state index is 11.7. The molecule has 0 aromatic heterocycles. The monoisotopic (exact) mass is 207 g/mol. The lowest BCUT2D eigenvalue weighted by atomic mass is 10.0. The fourth-order valence-electron chi connectivity index (χ4n) is 0.889. The van der Waals surface area contributed by atoms with Gasteiger partial charge in [-0.25, -0.2) is 0 Å². The molecule has 0 spiro atoms. The average molecular weight is 207 g/mol. The molecule has 0 aromatic carbocycles. The van der Waals surface area contributed by atoms with Gasteiger partial charge in [-0.3, -0.25) is 4.79 Å². The maximum Gasteiger partial charge on any atom is 0.389 e. The summed E-state index contributed by atoms with van der Waals surface area (Å²) < 4.78 is 35.0. The molecule has 80 valence electrons. The lowest BCUT2D eigenvalue weighted by Crippen LogP contribution is -2.29.